The van der Waals surface area contributed by atoms with Crippen molar-refractivity contribution in [2.45, 2.75) is 57.3 Å². The summed E-state index contributed by atoms with van der Waals surface area (Å²) >= 11 is 1.50. The lowest BCUT2D eigenvalue weighted by atomic mass is 9.90. The Morgan fingerprint density at radius 3 is 2.58 bits per heavy atom. The van der Waals surface area contributed by atoms with Gasteiger partial charge in [0.25, 0.3) is 0 Å². The standard InChI is InChI=1S/C25H28N4OS/c1-2-29-24(21-12-11-18-7-3-5-9-20(18)15-21)26-27-25(29)31-17-23(30)28-14-13-19-8-4-6-10-22(19)16-28/h4,6,8,10-12,15H,2-3,5,7,9,13-14,16-17H2,1H3. The molecule has 2 aromatic carbocycles. The second-order valence-electron chi connectivity index (χ2n) is 8.36. The Bertz CT molecular complexity index is 1110. The topological polar surface area (TPSA) is 51.0 Å². The van der Waals surface area contributed by atoms with Crippen molar-refractivity contribution < 1.29 is 4.79 Å². The highest BCUT2D eigenvalue weighted by molar-refractivity contribution is 7.99. The average Bonchev–Trinajstić information content (AvgIpc) is 3.24. The Kier molecular flexibility index (Phi) is 5.81. The van der Waals surface area contributed by atoms with E-state index in [0.717, 1.165) is 42.5 Å². The fourth-order valence-electron chi connectivity index (χ4n) is 4.69. The van der Waals surface area contributed by atoms with E-state index in [1.165, 1.54) is 53.3 Å². The van der Waals surface area contributed by atoms with Crippen LogP contribution in [0.4, 0.5) is 0 Å². The zero-order valence-electron chi connectivity index (χ0n) is 18.0. The Balaban J connectivity index is 1.29. The molecule has 1 amide bonds. The third-order valence-electron chi connectivity index (χ3n) is 6.45. The molecular weight excluding hydrogens is 404 g/mol. The fraction of sp³-hybridized carbons (Fsp3) is 0.400. The quantitative estimate of drug-likeness (QED) is 0.556. The lowest BCUT2D eigenvalue weighted by Gasteiger charge is -2.28. The van der Waals surface area contributed by atoms with Crippen LogP contribution in [0.25, 0.3) is 11.4 Å². The van der Waals surface area contributed by atoms with E-state index in [0.29, 0.717) is 12.3 Å². The molecule has 1 aliphatic carbocycles. The smallest absolute Gasteiger partial charge is 0.233 e. The molecule has 31 heavy (non-hydrogen) atoms. The van der Waals surface area contributed by atoms with Gasteiger partial charge in [-0.2, -0.15) is 0 Å². The molecule has 0 bridgehead atoms. The van der Waals surface area contributed by atoms with Crippen LogP contribution < -0.4 is 0 Å². The summed E-state index contributed by atoms with van der Waals surface area (Å²) in [4.78, 5) is 14.8. The number of fused-ring (bicyclic) bond motifs is 2. The average molecular weight is 433 g/mol. The number of aryl methyl sites for hydroxylation is 2. The molecule has 5 rings (SSSR count). The van der Waals surface area contributed by atoms with Crippen molar-refractivity contribution in [3.05, 3.63) is 64.7 Å². The van der Waals surface area contributed by atoms with Crippen molar-refractivity contribution in [2.75, 3.05) is 12.3 Å². The number of hydrogen-bond acceptors (Lipinski definition) is 4. The van der Waals surface area contributed by atoms with Crippen molar-refractivity contribution in [3.8, 4) is 11.4 Å². The number of carbonyl (C=O) groups excluding carboxylic acids is 1. The maximum atomic E-state index is 12.9. The number of amides is 1. The maximum Gasteiger partial charge on any atom is 0.233 e. The molecule has 0 radical (unpaired) electrons. The minimum atomic E-state index is 0.167. The van der Waals surface area contributed by atoms with Gasteiger partial charge in [0.2, 0.25) is 5.91 Å². The van der Waals surface area contributed by atoms with Crippen LogP contribution in [0.2, 0.25) is 0 Å². The summed E-state index contributed by atoms with van der Waals surface area (Å²) < 4.78 is 2.13. The first-order chi connectivity index (χ1) is 15.2. The number of thioether (sulfide) groups is 1. The number of rotatable bonds is 5. The second kappa shape index (κ2) is 8.87. The molecule has 2 aliphatic rings. The molecule has 2 heterocycles. The Labute approximate surface area is 187 Å². The molecule has 6 heteroatoms. The van der Waals surface area contributed by atoms with E-state index < -0.39 is 0 Å². The van der Waals surface area contributed by atoms with Gasteiger partial charge >= 0.3 is 0 Å². The number of aromatic nitrogens is 3. The van der Waals surface area contributed by atoms with E-state index in [4.69, 9.17) is 0 Å². The van der Waals surface area contributed by atoms with Crippen molar-refractivity contribution in [1.82, 2.24) is 19.7 Å². The van der Waals surface area contributed by atoms with Gasteiger partial charge in [-0.05, 0) is 67.3 Å². The molecule has 1 aliphatic heterocycles. The molecular formula is C25H28N4OS. The number of hydrogen-bond donors (Lipinski definition) is 0. The number of carbonyl (C=O) groups is 1. The van der Waals surface area contributed by atoms with E-state index in [1.807, 2.05) is 11.0 Å². The first kappa shape index (κ1) is 20.3. The Morgan fingerprint density at radius 2 is 1.74 bits per heavy atom. The van der Waals surface area contributed by atoms with Crippen molar-refractivity contribution in [2.24, 2.45) is 0 Å². The predicted molar refractivity (Wildman–Crippen MR) is 124 cm³/mol. The second-order valence-corrected chi connectivity index (χ2v) is 9.31. The molecule has 160 valence electrons. The summed E-state index contributed by atoms with van der Waals surface area (Å²) in [5.74, 6) is 1.46. The van der Waals surface area contributed by atoms with Gasteiger partial charge in [-0.25, -0.2) is 0 Å². The Morgan fingerprint density at radius 1 is 0.968 bits per heavy atom. The molecule has 5 nitrogen and oxygen atoms in total. The van der Waals surface area contributed by atoms with Gasteiger partial charge in [0, 0.05) is 25.2 Å². The third-order valence-corrected chi connectivity index (χ3v) is 7.40. The van der Waals surface area contributed by atoms with Gasteiger partial charge in [-0.3, -0.25) is 4.79 Å². The highest BCUT2D eigenvalue weighted by Gasteiger charge is 2.22. The predicted octanol–water partition coefficient (Wildman–Crippen LogP) is 4.52. The summed E-state index contributed by atoms with van der Waals surface area (Å²) in [6, 6.07) is 15.1. The van der Waals surface area contributed by atoms with Crippen LogP contribution in [-0.4, -0.2) is 37.9 Å². The largest absolute Gasteiger partial charge is 0.337 e. The van der Waals surface area contributed by atoms with Gasteiger partial charge in [-0.1, -0.05) is 48.2 Å². The zero-order valence-corrected chi connectivity index (χ0v) is 18.8. The SMILES string of the molecule is CCn1c(SCC(=O)N2CCc3ccccc3C2)nnc1-c1ccc2c(c1)CCCC2. The van der Waals surface area contributed by atoms with E-state index in [-0.39, 0.29) is 5.91 Å². The molecule has 0 fully saturated rings. The first-order valence-electron chi connectivity index (χ1n) is 11.3. The molecule has 0 unspecified atom stereocenters. The zero-order chi connectivity index (χ0) is 21.2. The van der Waals surface area contributed by atoms with Crippen molar-refractivity contribution in [3.63, 3.8) is 0 Å². The molecule has 0 saturated carbocycles. The summed E-state index contributed by atoms with van der Waals surface area (Å²) in [5.41, 5.74) is 6.67. The van der Waals surface area contributed by atoms with Gasteiger partial charge < -0.3 is 9.47 Å². The molecule has 0 spiro atoms. The monoisotopic (exact) mass is 432 g/mol. The van der Waals surface area contributed by atoms with Crippen LogP contribution in [0.5, 0.6) is 0 Å². The highest BCUT2D eigenvalue weighted by Crippen LogP contribution is 2.29. The lowest BCUT2D eigenvalue weighted by Crippen LogP contribution is -2.37. The van der Waals surface area contributed by atoms with Gasteiger partial charge in [-0.15, -0.1) is 10.2 Å². The number of nitrogens with zero attached hydrogens (tertiary/aromatic N) is 4. The van der Waals surface area contributed by atoms with E-state index in [9.17, 15) is 4.79 Å². The van der Waals surface area contributed by atoms with Gasteiger partial charge in [0.05, 0.1) is 5.75 Å². The van der Waals surface area contributed by atoms with Crippen LogP contribution in [0.1, 0.15) is 42.0 Å². The van der Waals surface area contributed by atoms with Crippen LogP contribution in [0.3, 0.4) is 0 Å². The minimum Gasteiger partial charge on any atom is -0.337 e. The summed E-state index contributed by atoms with van der Waals surface area (Å²) in [5, 5.41) is 9.75. The van der Waals surface area contributed by atoms with E-state index in [2.05, 4.69) is 58.1 Å². The molecule has 1 aromatic heterocycles. The molecule has 0 saturated heterocycles. The Hall–Kier alpha value is -2.60. The lowest BCUT2D eigenvalue weighted by molar-refractivity contribution is -0.129. The van der Waals surface area contributed by atoms with Crippen LogP contribution in [-0.2, 0) is 37.1 Å². The normalized spacial score (nSPS) is 15.5. The van der Waals surface area contributed by atoms with Gasteiger partial charge in [0.1, 0.15) is 0 Å². The summed E-state index contributed by atoms with van der Waals surface area (Å²) in [6.07, 6.45) is 5.81. The molecule has 0 atom stereocenters. The molecule has 3 aromatic rings. The van der Waals surface area contributed by atoms with Crippen LogP contribution >= 0.6 is 11.8 Å². The van der Waals surface area contributed by atoms with E-state index in [1.54, 1.807) is 0 Å². The van der Waals surface area contributed by atoms with Crippen LogP contribution in [0, 0.1) is 0 Å². The highest BCUT2D eigenvalue weighted by atomic mass is 32.2. The van der Waals surface area contributed by atoms with Crippen molar-refractivity contribution >= 4 is 17.7 Å². The molecule has 0 N–H and O–H groups in total. The van der Waals surface area contributed by atoms with E-state index >= 15 is 0 Å². The fourth-order valence-corrected chi connectivity index (χ4v) is 5.60. The third kappa shape index (κ3) is 4.13. The van der Waals surface area contributed by atoms with Gasteiger partial charge in [0.15, 0.2) is 11.0 Å². The number of benzene rings is 2. The maximum absolute atomic E-state index is 12.9. The first-order valence-corrected chi connectivity index (χ1v) is 12.2. The summed E-state index contributed by atoms with van der Waals surface area (Å²) in [6.45, 7) is 4.39. The minimum absolute atomic E-state index is 0.167. The van der Waals surface area contributed by atoms with Crippen LogP contribution in [0.15, 0.2) is 47.6 Å². The summed E-state index contributed by atoms with van der Waals surface area (Å²) in [7, 11) is 0. The van der Waals surface area contributed by atoms with Crippen molar-refractivity contribution in [1.29, 1.82) is 0 Å².